The van der Waals surface area contributed by atoms with Crippen LogP contribution in [0.2, 0.25) is 0 Å². The molecule has 0 saturated heterocycles. The fourth-order valence-electron chi connectivity index (χ4n) is 1.69. The van der Waals surface area contributed by atoms with Crippen molar-refractivity contribution in [3.63, 3.8) is 0 Å². The topological polar surface area (TPSA) is 129 Å². The predicted molar refractivity (Wildman–Crippen MR) is 90.2 cm³/mol. The van der Waals surface area contributed by atoms with E-state index in [2.05, 4.69) is 15.0 Å². The molecule has 2 heterocycles. The molecule has 2 aromatic heterocycles. The first kappa shape index (κ1) is 18.6. The molecule has 0 saturated carbocycles. The lowest BCUT2D eigenvalue weighted by molar-refractivity contribution is -0.143. The van der Waals surface area contributed by atoms with E-state index >= 15 is 0 Å². The lowest BCUT2D eigenvalue weighted by atomic mass is 10.3. The SMILES string of the molecule is CC(COC(=O)CSc1nccc(-c2ccccn2)n1)OC(=O)NN. The number of hydrogen-bond acceptors (Lipinski definition) is 9. The highest BCUT2D eigenvalue weighted by atomic mass is 32.2. The molecule has 2 aromatic rings. The third-order valence-corrected chi connectivity index (χ3v) is 3.62. The molecule has 0 aromatic carbocycles. The first-order valence-electron chi connectivity index (χ1n) is 7.28. The summed E-state index contributed by atoms with van der Waals surface area (Å²) in [4.78, 5) is 35.3. The molecular formula is C15H17N5O4S. The summed E-state index contributed by atoms with van der Waals surface area (Å²) in [6.45, 7) is 1.51. The van der Waals surface area contributed by atoms with Gasteiger partial charge in [0.05, 0.1) is 17.1 Å². The maximum absolute atomic E-state index is 11.7. The van der Waals surface area contributed by atoms with E-state index in [-0.39, 0.29) is 12.4 Å². The molecule has 3 N–H and O–H groups in total. The van der Waals surface area contributed by atoms with Crippen LogP contribution < -0.4 is 11.3 Å². The van der Waals surface area contributed by atoms with Gasteiger partial charge in [0, 0.05) is 12.4 Å². The number of nitrogens with zero attached hydrogens (tertiary/aromatic N) is 3. The summed E-state index contributed by atoms with van der Waals surface area (Å²) < 4.78 is 9.80. The van der Waals surface area contributed by atoms with Crippen molar-refractivity contribution in [3.05, 3.63) is 36.7 Å². The molecule has 10 heteroatoms. The lowest BCUT2D eigenvalue weighted by Crippen LogP contribution is -2.34. The Morgan fingerprint density at radius 2 is 2.08 bits per heavy atom. The Morgan fingerprint density at radius 3 is 2.80 bits per heavy atom. The molecule has 132 valence electrons. The van der Waals surface area contributed by atoms with Crippen molar-refractivity contribution in [2.24, 2.45) is 5.84 Å². The van der Waals surface area contributed by atoms with Gasteiger partial charge >= 0.3 is 12.1 Å². The fourth-order valence-corrected chi connectivity index (χ4v) is 2.32. The van der Waals surface area contributed by atoms with E-state index < -0.39 is 18.2 Å². The van der Waals surface area contributed by atoms with E-state index in [1.54, 1.807) is 25.4 Å². The van der Waals surface area contributed by atoms with Crippen LogP contribution >= 0.6 is 11.8 Å². The number of thioether (sulfide) groups is 1. The summed E-state index contributed by atoms with van der Waals surface area (Å²) in [5.74, 6) is 4.45. The molecule has 9 nitrogen and oxygen atoms in total. The van der Waals surface area contributed by atoms with E-state index in [0.29, 0.717) is 10.9 Å². The molecule has 0 fully saturated rings. The molecule has 0 aliphatic heterocycles. The Labute approximate surface area is 148 Å². The number of carbonyl (C=O) groups is 2. The molecule has 25 heavy (non-hydrogen) atoms. The van der Waals surface area contributed by atoms with Crippen molar-refractivity contribution < 1.29 is 19.1 Å². The molecule has 2 rings (SSSR count). The smallest absolute Gasteiger partial charge is 0.421 e. The average Bonchev–Trinajstić information content (AvgIpc) is 2.65. The Kier molecular flexibility index (Phi) is 7.11. The van der Waals surface area contributed by atoms with Crippen molar-refractivity contribution >= 4 is 23.8 Å². The lowest BCUT2D eigenvalue weighted by Gasteiger charge is -2.12. The zero-order valence-corrected chi connectivity index (χ0v) is 14.2. The second-order valence-corrected chi connectivity index (χ2v) is 5.71. The van der Waals surface area contributed by atoms with Gasteiger partial charge in [-0.1, -0.05) is 17.8 Å². The third-order valence-electron chi connectivity index (χ3n) is 2.79. The van der Waals surface area contributed by atoms with Crippen molar-refractivity contribution in [2.45, 2.75) is 18.2 Å². The van der Waals surface area contributed by atoms with Gasteiger partial charge < -0.3 is 9.47 Å². The summed E-state index contributed by atoms with van der Waals surface area (Å²) >= 11 is 1.14. The zero-order valence-electron chi connectivity index (χ0n) is 13.4. The normalized spacial score (nSPS) is 11.4. The van der Waals surface area contributed by atoms with E-state index in [9.17, 15) is 9.59 Å². The Bertz CT molecular complexity index is 716. The van der Waals surface area contributed by atoms with Gasteiger partial charge in [-0.15, -0.1) is 0 Å². The van der Waals surface area contributed by atoms with Gasteiger partial charge in [0.25, 0.3) is 0 Å². The molecular weight excluding hydrogens is 346 g/mol. The number of esters is 1. The van der Waals surface area contributed by atoms with Crippen LogP contribution in [-0.2, 0) is 14.3 Å². The first-order chi connectivity index (χ1) is 12.1. The van der Waals surface area contributed by atoms with E-state index in [4.69, 9.17) is 15.3 Å². The highest BCUT2D eigenvalue weighted by molar-refractivity contribution is 7.99. The number of pyridine rings is 1. The highest BCUT2D eigenvalue weighted by Gasteiger charge is 2.12. The molecule has 0 aliphatic carbocycles. The van der Waals surface area contributed by atoms with Crippen molar-refractivity contribution in [1.29, 1.82) is 0 Å². The largest absolute Gasteiger partial charge is 0.461 e. The fraction of sp³-hybridized carbons (Fsp3) is 0.267. The van der Waals surface area contributed by atoms with Gasteiger partial charge in [-0.05, 0) is 25.1 Å². The zero-order chi connectivity index (χ0) is 18.1. The van der Waals surface area contributed by atoms with Crippen LogP contribution in [0.15, 0.2) is 41.8 Å². The Hall–Kier alpha value is -2.72. The average molecular weight is 363 g/mol. The van der Waals surface area contributed by atoms with Crippen LogP contribution in [0.3, 0.4) is 0 Å². The minimum absolute atomic E-state index is 0.0292. The minimum Gasteiger partial charge on any atom is -0.461 e. The quantitative estimate of drug-likeness (QED) is 0.186. The number of rotatable bonds is 7. The summed E-state index contributed by atoms with van der Waals surface area (Å²) in [7, 11) is 0. The van der Waals surface area contributed by atoms with Gasteiger partial charge in [0.15, 0.2) is 5.16 Å². The monoisotopic (exact) mass is 363 g/mol. The summed E-state index contributed by atoms with van der Waals surface area (Å²) in [6, 6.07) is 7.26. The molecule has 1 atom stereocenters. The maximum Gasteiger partial charge on any atom is 0.421 e. The molecule has 0 bridgehead atoms. The van der Waals surface area contributed by atoms with Crippen LogP contribution in [0.5, 0.6) is 0 Å². The number of ether oxygens (including phenoxy) is 2. The van der Waals surface area contributed by atoms with E-state index in [1.807, 2.05) is 23.6 Å². The maximum atomic E-state index is 11.7. The summed E-state index contributed by atoms with van der Waals surface area (Å²) in [5, 5.41) is 0.437. The minimum atomic E-state index is -0.794. The molecule has 0 aliphatic rings. The number of nitrogens with two attached hydrogens (primary N) is 1. The number of aromatic nitrogens is 3. The van der Waals surface area contributed by atoms with Gasteiger partial charge in [0.1, 0.15) is 12.7 Å². The molecule has 1 unspecified atom stereocenters. The van der Waals surface area contributed by atoms with Crippen LogP contribution in [-0.4, -0.2) is 45.5 Å². The van der Waals surface area contributed by atoms with Crippen LogP contribution in [0.1, 0.15) is 6.92 Å². The number of amides is 1. The van der Waals surface area contributed by atoms with E-state index in [0.717, 1.165) is 17.5 Å². The number of carbonyl (C=O) groups excluding carboxylic acids is 2. The second kappa shape index (κ2) is 9.55. The Balaban J connectivity index is 1.81. The predicted octanol–water partition coefficient (Wildman–Crippen LogP) is 1.16. The van der Waals surface area contributed by atoms with Crippen molar-refractivity contribution in [1.82, 2.24) is 20.4 Å². The number of hydrazine groups is 1. The van der Waals surface area contributed by atoms with Crippen molar-refractivity contribution in [2.75, 3.05) is 12.4 Å². The van der Waals surface area contributed by atoms with Crippen LogP contribution in [0, 0.1) is 0 Å². The molecule has 0 spiro atoms. The van der Waals surface area contributed by atoms with E-state index in [1.165, 1.54) is 0 Å². The second-order valence-electron chi connectivity index (χ2n) is 4.77. The third kappa shape index (κ3) is 6.36. The van der Waals surface area contributed by atoms with Gasteiger partial charge in [-0.3, -0.25) is 15.2 Å². The van der Waals surface area contributed by atoms with Gasteiger partial charge in [0.2, 0.25) is 0 Å². The summed E-state index contributed by atoms with van der Waals surface area (Å²) in [6.07, 6.45) is 1.88. The molecule has 1 amide bonds. The Morgan fingerprint density at radius 1 is 1.24 bits per heavy atom. The van der Waals surface area contributed by atoms with Crippen molar-refractivity contribution in [3.8, 4) is 11.4 Å². The number of nitrogens with one attached hydrogen (secondary N) is 1. The molecule has 0 radical (unpaired) electrons. The number of hydrogen-bond donors (Lipinski definition) is 2. The van der Waals surface area contributed by atoms with Crippen LogP contribution in [0.25, 0.3) is 11.4 Å². The highest BCUT2D eigenvalue weighted by Crippen LogP contribution is 2.18. The first-order valence-corrected chi connectivity index (χ1v) is 8.27. The van der Waals surface area contributed by atoms with Crippen LogP contribution in [0.4, 0.5) is 4.79 Å². The van der Waals surface area contributed by atoms with Gasteiger partial charge in [-0.25, -0.2) is 20.6 Å². The summed E-state index contributed by atoms with van der Waals surface area (Å²) in [5.41, 5.74) is 3.21. The standard InChI is InChI=1S/C15H17N5O4S/c1-10(24-15(22)20-16)8-23-13(21)9-25-14-18-7-5-12(19-14)11-4-2-3-6-17-11/h2-7,10H,8-9,16H2,1H3,(H,20,22). The van der Waals surface area contributed by atoms with Gasteiger partial charge in [-0.2, -0.15) is 0 Å².